The maximum Gasteiger partial charge on any atom is 0.411 e. The summed E-state index contributed by atoms with van der Waals surface area (Å²) in [4.78, 5) is 30.5. The Labute approximate surface area is 182 Å². The van der Waals surface area contributed by atoms with Crippen molar-refractivity contribution in [2.75, 3.05) is 13.7 Å². The van der Waals surface area contributed by atoms with Crippen LogP contribution < -0.4 is 9.47 Å². The Morgan fingerprint density at radius 2 is 1.77 bits per heavy atom. The molecule has 0 unspecified atom stereocenters. The Morgan fingerprint density at radius 1 is 1.06 bits per heavy atom. The van der Waals surface area contributed by atoms with Gasteiger partial charge in [-0.25, -0.2) is 9.59 Å². The lowest BCUT2D eigenvalue weighted by atomic mass is 10.2. The van der Waals surface area contributed by atoms with Crippen LogP contribution >= 0.6 is 0 Å². The Kier molecular flexibility index (Phi) is 6.99. The molecule has 1 fully saturated rings. The number of carbonyl (C=O) groups is 2. The van der Waals surface area contributed by atoms with Gasteiger partial charge in [0.2, 0.25) is 11.8 Å². The Hall–Kier alpha value is -3.29. The highest BCUT2D eigenvalue weighted by Crippen LogP contribution is 2.26. The molecule has 1 aliphatic heterocycles. The minimum Gasteiger partial charge on any atom is -0.473 e. The second-order valence-electron chi connectivity index (χ2n) is 8.24. The number of likely N-dealkylation sites (tertiary alicyclic amines) is 1. The Balaban J connectivity index is 1.65. The molecule has 0 spiro atoms. The number of pyridine rings is 1. The molecule has 166 valence electrons. The van der Waals surface area contributed by atoms with Gasteiger partial charge in [0, 0.05) is 18.6 Å². The van der Waals surface area contributed by atoms with Gasteiger partial charge < -0.3 is 18.9 Å². The lowest BCUT2D eigenvalue weighted by Crippen LogP contribution is -2.44. The Morgan fingerprint density at radius 3 is 2.45 bits per heavy atom. The Bertz CT molecular complexity index is 896. The molecule has 1 aromatic carbocycles. The van der Waals surface area contributed by atoms with Crippen molar-refractivity contribution in [1.82, 2.24) is 9.88 Å². The standard InChI is InChI=1S/C23H28N2O6/c1-23(2,3)31-22(27)25-14-17(13-18(25)21(26)28-4)30-20-12-8-11-19(24-20)29-15-16-9-6-5-7-10-16/h5-12,17-18H,13-15H2,1-4H3/t17-,18+/m1/s1. The van der Waals surface area contributed by atoms with Crippen molar-refractivity contribution >= 4 is 12.1 Å². The van der Waals surface area contributed by atoms with Crippen molar-refractivity contribution in [1.29, 1.82) is 0 Å². The van der Waals surface area contributed by atoms with Gasteiger partial charge in [-0.15, -0.1) is 0 Å². The fourth-order valence-corrected chi connectivity index (χ4v) is 3.21. The molecule has 8 heteroatoms. The summed E-state index contributed by atoms with van der Waals surface area (Å²) in [6, 6.07) is 14.2. The number of ether oxygens (including phenoxy) is 4. The van der Waals surface area contributed by atoms with E-state index >= 15 is 0 Å². The molecular weight excluding hydrogens is 400 g/mol. The lowest BCUT2D eigenvalue weighted by Gasteiger charge is -2.27. The number of hydrogen-bond donors (Lipinski definition) is 0. The first-order chi connectivity index (χ1) is 14.7. The highest BCUT2D eigenvalue weighted by atomic mass is 16.6. The minimum atomic E-state index is -0.776. The third-order valence-corrected chi connectivity index (χ3v) is 4.58. The number of benzene rings is 1. The number of nitrogens with zero attached hydrogens (tertiary/aromatic N) is 2. The van der Waals surface area contributed by atoms with Gasteiger partial charge in [-0.3, -0.25) is 4.90 Å². The van der Waals surface area contributed by atoms with Crippen LogP contribution in [0.2, 0.25) is 0 Å². The zero-order valence-corrected chi connectivity index (χ0v) is 18.2. The molecular formula is C23H28N2O6. The van der Waals surface area contributed by atoms with E-state index < -0.39 is 29.8 Å². The van der Waals surface area contributed by atoms with Gasteiger partial charge in [0.25, 0.3) is 0 Å². The first-order valence-corrected chi connectivity index (χ1v) is 10.1. The fourth-order valence-electron chi connectivity index (χ4n) is 3.21. The van der Waals surface area contributed by atoms with Gasteiger partial charge >= 0.3 is 12.1 Å². The van der Waals surface area contributed by atoms with Crippen molar-refractivity contribution in [2.45, 2.75) is 51.5 Å². The van der Waals surface area contributed by atoms with Crippen LogP contribution in [0.1, 0.15) is 32.8 Å². The molecule has 2 heterocycles. The molecule has 0 radical (unpaired) electrons. The van der Waals surface area contributed by atoms with Crippen LogP contribution in [-0.2, 0) is 20.9 Å². The molecule has 8 nitrogen and oxygen atoms in total. The van der Waals surface area contributed by atoms with Crippen LogP contribution in [0.4, 0.5) is 4.79 Å². The topological polar surface area (TPSA) is 87.2 Å². The molecule has 31 heavy (non-hydrogen) atoms. The van der Waals surface area contributed by atoms with Crippen LogP contribution in [0, 0.1) is 0 Å². The van der Waals surface area contributed by atoms with Gasteiger partial charge in [0.15, 0.2) is 0 Å². The predicted octanol–water partition coefficient (Wildman–Crippen LogP) is 3.59. The normalized spacial score (nSPS) is 18.4. The van der Waals surface area contributed by atoms with E-state index in [1.807, 2.05) is 30.3 Å². The van der Waals surface area contributed by atoms with Crippen LogP contribution in [0.5, 0.6) is 11.8 Å². The molecule has 1 saturated heterocycles. The summed E-state index contributed by atoms with van der Waals surface area (Å²) in [6.07, 6.45) is -0.738. The molecule has 2 aromatic rings. The fraction of sp³-hybridized carbons (Fsp3) is 0.435. The van der Waals surface area contributed by atoms with Crippen molar-refractivity contribution < 1.29 is 28.5 Å². The minimum absolute atomic E-state index is 0.186. The molecule has 0 N–H and O–H groups in total. The van der Waals surface area contributed by atoms with E-state index in [1.54, 1.807) is 39.0 Å². The summed E-state index contributed by atoms with van der Waals surface area (Å²) in [5.74, 6) is 0.267. The van der Waals surface area contributed by atoms with Crippen molar-refractivity contribution in [2.24, 2.45) is 0 Å². The van der Waals surface area contributed by atoms with Crippen LogP contribution in [0.25, 0.3) is 0 Å². The van der Waals surface area contributed by atoms with E-state index in [-0.39, 0.29) is 13.0 Å². The van der Waals surface area contributed by atoms with E-state index in [9.17, 15) is 9.59 Å². The third kappa shape index (κ3) is 6.34. The van der Waals surface area contributed by atoms with E-state index in [2.05, 4.69) is 4.98 Å². The highest BCUT2D eigenvalue weighted by Gasteiger charge is 2.43. The van der Waals surface area contributed by atoms with E-state index in [1.165, 1.54) is 12.0 Å². The molecule has 1 aliphatic rings. The summed E-state index contributed by atoms with van der Waals surface area (Å²) in [5.41, 5.74) is 0.350. The monoisotopic (exact) mass is 428 g/mol. The van der Waals surface area contributed by atoms with E-state index in [0.29, 0.717) is 18.4 Å². The van der Waals surface area contributed by atoms with E-state index in [4.69, 9.17) is 18.9 Å². The maximum absolute atomic E-state index is 12.6. The van der Waals surface area contributed by atoms with E-state index in [0.717, 1.165) is 5.56 Å². The zero-order valence-electron chi connectivity index (χ0n) is 18.2. The smallest absolute Gasteiger partial charge is 0.411 e. The van der Waals surface area contributed by atoms with Crippen LogP contribution in [0.3, 0.4) is 0 Å². The van der Waals surface area contributed by atoms with Crippen molar-refractivity contribution in [3.8, 4) is 11.8 Å². The third-order valence-electron chi connectivity index (χ3n) is 4.58. The molecule has 0 bridgehead atoms. The second-order valence-corrected chi connectivity index (χ2v) is 8.24. The van der Waals surface area contributed by atoms with Crippen molar-refractivity contribution in [3.05, 3.63) is 54.1 Å². The molecule has 2 atom stereocenters. The molecule has 0 saturated carbocycles. The van der Waals surface area contributed by atoms with Gasteiger partial charge in [-0.1, -0.05) is 36.4 Å². The summed E-state index contributed by atoms with van der Waals surface area (Å²) in [7, 11) is 1.29. The number of carbonyl (C=O) groups excluding carboxylic acids is 2. The number of amides is 1. The largest absolute Gasteiger partial charge is 0.473 e. The summed E-state index contributed by atoms with van der Waals surface area (Å²) in [6.45, 7) is 5.88. The zero-order chi connectivity index (χ0) is 22.4. The van der Waals surface area contributed by atoms with Crippen LogP contribution in [0.15, 0.2) is 48.5 Å². The number of rotatable bonds is 6. The molecule has 1 amide bonds. The molecule has 3 rings (SSSR count). The van der Waals surface area contributed by atoms with Gasteiger partial charge in [0.1, 0.15) is 24.4 Å². The van der Waals surface area contributed by atoms with Gasteiger partial charge in [-0.2, -0.15) is 4.98 Å². The lowest BCUT2D eigenvalue weighted by molar-refractivity contribution is -0.145. The summed E-state index contributed by atoms with van der Waals surface area (Å²) < 4.78 is 22.0. The second kappa shape index (κ2) is 9.68. The van der Waals surface area contributed by atoms with Gasteiger partial charge in [-0.05, 0) is 26.3 Å². The average Bonchev–Trinajstić information content (AvgIpc) is 3.15. The summed E-state index contributed by atoms with van der Waals surface area (Å²) in [5, 5.41) is 0. The average molecular weight is 428 g/mol. The molecule has 1 aromatic heterocycles. The van der Waals surface area contributed by atoms with Crippen molar-refractivity contribution in [3.63, 3.8) is 0 Å². The SMILES string of the molecule is COC(=O)[C@@H]1C[C@@H](Oc2cccc(OCc3ccccc3)n2)CN1C(=O)OC(C)(C)C. The van der Waals surface area contributed by atoms with Gasteiger partial charge in [0.05, 0.1) is 13.7 Å². The predicted molar refractivity (Wildman–Crippen MR) is 113 cm³/mol. The first kappa shape index (κ1) is 22.4. The summed E-state index contributed by atoms with van der Waals surface area (Å²) >= 11 is 0. The number of methoxy groups -OCH3 is 1. The number of esters is 1. The first-order valence-electron chi connectivity index (χ1n) is 10.1. The highest BCUT2D eigenvalue weighted by molar-refractivity contribution is 5.82. The van der Waals surface area contributed by atoms with Crippen LogP contribution in [-0.4, -0.2) is 53.3 Å². The quantitative estimate of drug-likeness (QED) is 0.650. The molecule has 0 aliphatic carbocycles. The number of aromatic nitrogens is 1. The number of hydrogen-bond acceptors (Lipinski definition) is 7. The maximum atomic E-state index is 12.6.